The lowest BCUT2D eigenvalue weighted by atomic mass is 9.85. The Morgan fingerprint density at radius 3 is 3.05 bits per heavy atom. The number of methoxy groups -OCH3 is 1. The Hall–Kier alpha value is -0.640. The van der Waals surface area contributed by atoms with Gasteiger partial charge in [0.1, 0.15) is 11.7 Å². The van der Waals surface area contributed by atoms with Crippen LogP contribution in [0.25, 0.3) is 0 Å². The minimum absolute atomic E-state index is 0.0125. The van der Waals surface area contributed by atoms with E-state index in [2.05, 4.69) is 12.3 Å². The molecule has 3 heterocycles. The van der Waals surface area contributed by atoms with Crippen LogP contribution in [0, 0.1) is 0 Å². The number of fused-ring (bicyclic) bond motifs is 1. The summed E-state index contributed by atoms with van der Waals surface area (Å²) in [6.07, 6.45) is 3.99. The van der Waals surface area contributed by atoms with Gasteiger partial charge in [-0.25, -0.2) is 0 Å². The lowest BCUT2D eigenvalue weighted by Crippen LogP contribution is -2.54. The average Bonchev–Trinajstić information content (AvgIpc) is 2.71. The van der Waals surface area contributed by atoms with Crippen LogP contribution < -0.4 is 0 Å². The maximum Gasteiger partial charge on any atom is 0.183 e. The molecule has 1 spiro atoms. The molecule has 0 aromatic heterocycles. The van der Waals surface area contributed by atoms with Crippen molar-refractivity contribution in [3.63, 3.8) is 0 Å². The Balaban J connectivity index is 1.71. The third kappa shape index (κ3) is 2.28. The normalized spacial score (nSPS) is 44.5. The summed E-state index contributed by atoms with van der Waals surface area (Å²) >= 11 is 0. The van der Waals surface area contributed by atoms with Gasteiger partial charge in [-0.2, -0.15) is 0 Å². The lowest BCUT2D eigenvalue weighted by Gasteiger charge is -2.43. The molecule has 4 nitrogen and oxygen atoms in total. The first kappa shape index (κ1) is 13.3. The molecule has 0 saturated carbocycles. The predicted molar refractivity (Wildman–Crippen MR) is 69.8 cm³/mol. The van der Waals surface area contributed by atoms with Crippen LogP contribution in [-0.4, -0.2) is 43.9 Å². The number of rotatable bonds is 3. The molecule has 2 bridgehead atoms. The van der Waals surface area contributed by atoms with E-state index in [9.17, 15) is 0 Å². The highest BCUT2D eigenvalue weighted by Gasteiger charge is 2.58. The first-order chi connectivity index (χ1) is 9.16. The van der Waals surface area contributed by atoms with E-state index in [-0.39, 0.29) is 30.2 Å². The summed E-state index contributed by atoms with van der Waals surface area (Å²) in [6, 6.07) is 0. The van der Waals surface area contributed by atoms with Gasteiger partial charge in [-0.05, 0) is 25.3 Å². The first-order valence-corrected chi connectivity index (χ1v) is 7.00. The van der Waals surface area contributed by atoms with Crippen molar-refractivity contribution >= 4 is 0 Å². The van der Waals surface area contributed by atoms with Gasteiger partial charge < -0.3 is 18.9 Å². The minimum Gasteiger partial charge on any atom is -0.366 e. The molecule has 0 aromatic carbocycles. The van der Waals surface area contributed by atoms with Crippen LogP contribution >= 0.6 is 0 Å². The highest BCUT2D eigenvalue weighted by atomic mass is 16.7. The summed E-state index contributed by atoms with van der Waals surface area (Å²) in [5.74, 6) is 0. The van der Waals surface area contributed by atoms with Crippen LogP contribution in [0.3, 0.4) is 0 Å². The van der Waals surface area contributed by atoms with Crippen LogP contribution in [0.5, 0.6) is 0 Å². The van der Waals surface area contributed by atoms with Gasteiger partial charge in [0.2, 0.25) is 0 Å². The smallest absolute Gasteiger partial charge is 0.183 e. The second-order valence-electron chi connectivity index (χ2n) is 5.83. The molecule has 1 unspecified atom stereocenters. The molecule has 0 aliphatic carbocycles. The van der Waals surface area contributed by atoms with E-state index >= 15 is 0 Å². The van der Waals surface area contributed by atoms with E-state index in [0.29, 0.717) is 6.61 Å². The largest absolute Gasteiger partial charge is 0.366 e. The van der Waals surface area contributed by atoms with Crippen LogP contribution in [0.4, 0.5) is 0 Å². The zero-order valence-corrected chi connectivity index (χ0v) is 11.7. The second-order valence-corrected chi connectivity index (χ2v) is 5.83. The van der Waals surface area contributed by atoms with Crippen molar-refractivity contribution in [3.05, 3.63) is 17.9 Å². The molecule has 0 aromatic rings. The summed E-state index contributed by atoms with van der Waals surface area (Å²) in [5.41, 5.74) is 3.84. The predicted octanol–water partition coefficient (Wildman–Crippen LogP) is 2.19. The zero-order valence-electron chi connectivity index (χ0n) is 11.7. The molecule has 3 saturated heterocycles. The summed E-state index contributed by atoms with van der Waals surface area (Å²) < 4.78 is 23.4. The molecule has 3 fully saturated rings. The van der Waals surface area contributed by atoms with Crippen molar-refractivity contribution in [2.75, 3.05) is 13.7 Å². The Labute approximate surface area is 114 Å². The van der Waals surface area contributed by atoms with Gasteiger partial charge in [0.05, 0.1) is 18.8 Å². The molecule has 0 amide bonds. The van der Waals surface area contributed by atoms with E-state index in [1.54, 1.807) is 7.11 Å². The molecule has 3 aliphatic heterocycles. The molecule has 106 valence electrons. The third-order valence-corrected chi connectivity index (χ3v) is 4.49. The van der Waals surface area contributed by atoms with Crippen LogP contribution in [0.15, 0.2) is 17.9 Å². The van der Waals surface area contributed by atoms with E-state index < -0.39 is 0 Å². The first-order valence-electron chi connectivity index (χ1n) is 7.00. The number of hydrogen-bond donors (Lipinski definition) is 0. The van der Waals surface area contributed by atoms with Crippen molar-refractivity contribution in [3.8, 4) is 0 Å². The number of ether oxygens (including phenoxy) is 4. The summed E-state index contributed by atoms with van der Waals surface area (Å²) in [6.45, 7) is 6.31. The van der Waals surface area contributed by atoms with Gasteiger partial charge in [0.25, 0.3) is 0 Å². The van der Waals surface area contributed by atoms with Gasteiger partial charge >= 0.3 is 0 Å². The fraction of sp³-hybridized carbons (Fsp3) is 0.800. The van der Waals surface area contributed by atoms with Gasteiger partial charge in [-0.15, -0.1) is 5.73 Å². The maximum absolute atomic E-state index is 6.34. The van der Waals surface area contributed by atoms with E-state index in [0.717, 1.165) is 31.3 Å². The third-order valence-electron chi connectivity index (χ3n) is 4.49. The van der Waals surface area contributed by atoms with Gasteiger partial charge in [0, 0.05) is 20.0 Å². The highest BCUT2D eigenvalue weighted by molar-refractivity contribution is 5.06. The Morgan fingerprint density at radius 2 is 2.32 bits per heavy atom. The van der Waals surface area contributed by atoms with Crippen molar-refractivity contribution in [2.45, 2.75) is 62.8 Å². The quantitative estimate of drug-likeness (QED) is 0.734. The SMILES string of the molecule is C=C=C(C)C[C@H]1CC[C@@H]2O[C@@H]3CC2(CO[C@H]3OC)O1. The molecule has 19 heavy (non-hydrogen) atoms. The Bertz CT molecular complexity index is 401. The molecule has 4 heteroatoms. The zero-order chi connectivity index (χ0) is 13.5. The lowest BCUT2D eigenvalue weighted by molar-refractivity contribution is -0.230. The Morgan fingerprint density at radius 1 is 1.47 bits per heavy atom. The van der Waals surface area contributed by atoms with Gasteiger partial charge in [-0.3, -0.25) is 0 Å². The molecule has 5 atom stereocenters. The number of hydrogen-bond acceptors (Lipinski definition) is 4. The highest BCUT2D eigenvalue weighted by Crippen LogP contribution is 2.46. The fourth-order valence-corrected chi connectivity index (χ4v) is 3.49. The topological polar surface area (TPSA) is 36.9 Å². The van der Waals surface area contributed by atoms with Gasteiger partial charge in [0.15, 0.2) is 6.29 Å². The minimum atomic E-state index is -0.260. The van der Waals surface area contributed by atoms with Crippen LogP contribution in [0.2, 0.25) is 0 Å². The van der Waals surface area contributed by atoms with Crippen LogP contribution in [0.1, 0.15) is 32.6 Å². The molecule has 3 rings (SSSR count). The van der Waals surface area contributed by atoms with E-state index in [1.807, 2.05) is 6.92 Å². The van der Waals surface area contributed by atoms with Crippen molar-refractivity contribution < 1.29 is 18.9 Å². The van der Waals surface area contributed by atoms with E-state index in [1.165, 1.54) is 0 Å². The average molecular weight is 266 g/mol. The summed E-state index contributed by atoms with van der Waals surface area (Å²) in [5, 5.41) is 0. The fourth-order valence-electron chi connectivity index (χ4n) is 3.49. The molecule has 0 radical (unpaired) electrons. The molecular weight excluding hydrogens is 244 g/mol. The van der Waals surface area contributed by atoms with Gasteiger partial charge in [-0.1, -0.05) is 6.58 Å². The van der Waals surface area contributed by atoms with Crippen molar-refractivity contribution in [1.82, 2.24) is 0 Å². The second kappa shape index (κ2) is 5.04. The summed E-state index contributed by atoms with van der Waals surface area (Å²) in [7, 11) is 1.66. The molecular formula is C15H22O4. The van der Waals surface area contributed by atoms with Crippen LogP contribution in [-0.2, 0) is 18.9 Å². The van der Waals surface area contributed by atoms with E-state index in [4.69, 9.17) is 18.9 Å². The van der Waals surface area contributed by atoms with Crippen molar-refractivity contribution in [2.24, 2.45) is 0 Å². The monoisotopic (exact) mass is 266 g/mol. The maximum atomic E-state index is 6.34. The standard InChI is InChI=1S/C15H22O4/c1-4-10(2)7-11-5-6-13-15(19-11)8-12(18-13)14(16-3)17-9-15/h11-14H,1,5-9H2,2-3H3/t11-,12-,13+,14-,15?/m1/s1. The Kier molecular flexibility index (Phi) is 3.54. The summed E-state index contributed by atoms with van der Waals surface area (Å²) in [4.78, 5) is 0. The van der Waals surface area contributed by atoms with Crippen molar-refractivity contribution in [1.29, 1.82) is 0 Å². The molecule has 3 aliphatic rings. The molecule has 0 N–H and O–H groups in total.